The van der Waals surface area contributed by atoms with E-state index in [1.54, 1.807) is 31.8 Å². The predicted molar refractivity (Wildman–Crippen MR) is 88.7 cm³/mol. The van der Waals surface area contributed by atoms with Gasteiger partial charge in [-0.15, -0.1) is 0 Å². The number of rotatable bonds is 5. The van der Waals surface area contributed by atoms with Crippen molar-refractivity contribution in [2.75, 3.05) is 31.7 Å². The predicted octanol–water partition coefficient (Wildman–Crippen LogP) is 2.33. The van der Waals surface area contributed by atoms with Crippen molar-refractivity contribution in [1.29, 1.82) is 0 Å². The van der Waals surface area contributed by atoms with Crippen LogP contribution in [0, 0.1) is 5.92 Å². The lowest BCUT2D eigenvalue weighted by atomic mass is 9.99. The van der Waals surface area contributed by atoms with Crippen molar-refractivity contribution in [1.82, 2.24) is 19.9 Å². The minimum absolute atomic E-state index is 0.394. The lowest BCUT2D eigenvalue weighted by Crippen LogP contribution is -2.38. The Morgan fingerprint density at radius 2 is 2.13 bits per heavy atom. The van der Waals surface area contributed by atoms with E-state index in [2.05, 4.69) is 40.8 Å². The first-order valence-corrected chi connectivity index (χ1v) is 8.26. The van der Waals surface area contributed by atoms with Gasteiger partial charge in [-0.05, 0) is 28.8 Å². The standard InChI is InChI=1S/C15H18BrN5O2/c1-22-13-4-5-17-14(20-13)21-6-2-3-11(9-21)10-23-15-18-7-12(16)8-19-15/h4-5,7-8,11H,2-3,6,9-10H2,1H3. The zero-order valence-electron chi connectivity index (χ0n) is 12.9. The van der Waals surface area contributed by atoms with Crippen LogP contribution >= 0.6 is 15.9 Å². The number of halogens is 1. The number of aromatic nitrogens is 4. The topological polar surface area (TPSA) is 73.3 Å². The van der Waals surface area contributed by atoms with Gasteiger partial charge in [0.05, 0.1) is 18.2 Å². The van der Waals surface area contributed by atoms with E-state index in [9.17, 15) is 0 Å². The maximum absolute atomic E-state index is 5.69. The van der Waals surface area contributed by atoms with Crippen molar-refractivity contribution in [2.24, 2.45) is 5.92 Å². The molecule has 3 heterocycles. The van der Waals surface area contributed by atoms with Gasteiger partial charge in [0.15, 0.2) is 0 Å². The lowest BCUT2D eigenvalue weighted by molar-refractivity contribution is 0.213. The van der Waals surface area contributed by atoms with Crippen LogP contribution in [-0.4, -0.2) is 46.7 Å². The van der Waals surface area contributed by atoms with E-state index in [-0.39, 0.29) is 0 Å². The molecule has 1 atom stereocenters. The van der Waals surface area contributed by atoms with Crippen LogP contribution in [0.25, 0.3) is 0 Å². The molecule has 122 valence electrons. The molecule has 0 amide bonds. The van der Waals surface area contributed by atoms with Crippen LogP contribution in [0.4, 0.5) is 5.95 Å². The highest BCUT2D eigenvalue weighted by atomic mass is 79.9. The third-order valence-corrected chi connectivity index (χ3v) is 4.08. The van der Waals surface area contributed by atoms with Gasteiger partial charge in [-0.2, -0.15) is 4.98 Å². The van der Waals surface area contributed by atoms with Crippen LogP contribution in [0.15, 0.2) is 29.1 Å². The number of methoxy groups -OCH3 is 1. The molecule has 8 heteroatoms. The number of hydrogen-bond donors (Lipinski definition) is 0. The summed E-state index contributed by atoms with van der Waals surface area (Å²) >= 11 is 3.31. The van der Waals surface area contributed by atoms with Crippen LogP contribution in [-0.2, 0) is 0 Å². The molecule has 1 aliphatic heterocycles. The number of piperidine rings is 1. The molecule has 23 heavy (non-hydrogen) atoms. The minimum atomic E-state index is 0.394. The summed E-state index contributed by atoms with van der Waals surface area (Å²) in [4.78, 5) is 19.2. The SMILES string of the molecule is COc1ccnc(N2CCCC(COc3ncc(Br)cn3)C2)n1. The van der Waals surface area contributed by atoms with Crippen LogP contribution in [0.5, 0.6) is 11.9 Å². The molecular formula is C15H18BrN5O2. The van der Waals surface area contributed by atoms with E-state index in [0.29, 0.717) is 30.4 Å². The zero-order valence-corrected chi connectivity index (χ0v) is 14.4. The highest BCUT2D eigenvalue weighted by Crippen LogP contribution is 2.22. The zero-order chi connectivity index (χ0) is 16.1. The van der Waals surface area contributed by atoms with E-state index >= 15 is 0 Å². The van der Waals surface area contributed by atoms with Crippen molar-refractivity contribution in [3.05, 3.63) is 29.1 Å². The Labute approximate surface area is 143 Å². The molecule has 1 unspecified atom stereocenters. The maximum Gasteiger partial charge on any atom is 0.316 e. The van der Waals surface area contributed by atoms with Gasteiger partial charge >= 0.3 is 6.01 Å². The fourth-order valence-electron chi connectivity index (χ4n) is 2.55. The Hall–Kier alpha value is -1.96. The number of nitrogens with zero attached hydrogens (tertiary/aromatic N) is 5. The van der Waals surface area contributed by atoms with Gasteiger partial charge in [-0.25, -0.2) is 15.0 Å². The molecule has 0 bridgehead atoms. The summed E-state index contributed by atoms with van der Waals surface area (Å²) in [5, 5.41) is 0. The Morgan fingerprint density at radius 1 is 1.30 bits per heavy atom. The number of ether oxygens (including phenoxy) is 2. The van der Waals surface area contributed by atoms with E-state index in [1.165, 1.54) is 0 Å². The van der Waals surface area contributed by atoms with Crippen LogP contribution in [0.2, 0.25) is 0 Å². The van der Waals surface area contributed by atoms with Gasteiger partial charge in [-0.3, -0.25) is 0 Å². The molecule has 2 aromatic heterocycles. The molecular weight excluding hydrogens is 362 g/mol. The molecule has 0 aromatic carbocycles. The van der Waals surface area contributed by atoms with E-state index in [4.69, 9.17) is 9.47 Å². The van der Waals surface area contributed by atoms with Crippen molar-refractivity contribution >= 4 is 21.9 Å². The van der Waals surface area contributed by atoms with Crippen LogP contribution in [0.3, 0.4) is 0 Å². The van der Waals surface area contributed by atoms with Crippen molar-refractivity contribution in [3.8, 4) is 11.9 Å². The summed E-state index contributed by atoms with van der Waals surface area (Å²) in [5.41, 5.74) is 0. The molecule has 7 nitrogen and oxygen atoms in total. The molecule has 0 radical (unpaired) electrons. The molecule has 3 rings (SSSR count). The van der Waals surface area contributed by atoms with Crippen molar-refractivity contribution in [3.63, 3.8) is 0 Å². The second-order valence-corrected chi connectivity index (χ2v) is 6.26. The first kappa shape index (κ1) is 15.9. The second-order valence-electron chi connectivity index (χ2n) is 5.35. The summed E-state index contributed by atoms with van der Waals surface area (Å²) in [6.07, 6.45) is 7.27. The molecule has 2 aromatic rings. The minimum Gasteiger partial charge on any atom is -0.481 e. The second kappa shape index (κ2) is 7.54. The normalized spacial score (nSPS) is 17.8. The average Bonchev–Trinajstić information content (AvgIpc) is 2.61. The fraction of sp³-hybridized carbons (Fsp3) is 0.467. The van der Waals surface area contributed by atoms with Crippen LogP contribution < -0.4 is 14.4 Å². The van der Waals surface area contributed by atoms with Crippen molar-refractivity contribution in [2.45, 2.75) is 12.8 Å². The molecule has 1 saturated heterocycles. The summed E-state index contributed by atoms with van der Waals surface area (Å²) in [6.45, 7) is 2.38. The smallest absolute Gasteiger partial charge is 0.316 e. The Bertz CT molecular complexity index is 640. The monoisotopic (exact) mass is 379 g/mol. The van der Waals surface area contributed by atoms with Crippen molar-refractivity contribution < 1.29 is 9.47 Å². The third kappa shape index (κ3) is 4.28. The van der Waals surface area contributed by atoms with E-state index in [1.807, 2.05) is 0 Å². The Morgan fingerprint density at radius 3 is 2.91 bits per heavy atom. The summed E-state index contributed by atoms with van der Waals surface area (Å²) < 4.78 is 11.7. The molecule has 0 aliphatic carbocycles. The lowest BCUT2D eigenvalue weighted by Gasteiger charge is -2.32. The number of anilines is 1. The summed E-state index contributed by atoms with van der Waals surface area (Å²) in [6, 6.07) is 2.15. The van der Waals surface area contributed by atoms with E-state index < -0.39 is 0 Å². The first-order valence-electron chi connectivity index (χ1n) is 7.47. The Kier molecular flexibility index (Phi) is 5.22. The molecule has 0 saturated carbocycles. The molecule has 1 fully saturated rings. The molecule has 0 spiro atoms. The Balaban J connectivity index is 1.58. The highest BCUT2D eigenvalue weighted by Gasteiger charge is 2.23. The van der Waals surface area contributed by atoms with Gasteiger partial charge in [0.1, 0.15) is 0 Å². The molecule has 1 aliphatic rings. The largest absolute Gasteiger partial charge is 0.481 e. The average molecular weight is 380 g/mol. The van der Waals surface area contributed by atoms with Gasteiger partial charge in [0.25, 0.3) is 0 Å². The van der Waals surface area contributed by atoms with Gasteiger partial charge in [-0.1, -0.05) is 0 Å². The fourth-order valence-corrected chi connectivity index (χ4v) is 2.75. The first-order chi connectivity index (χ1) is 11.2. The quantitative estimate of drug-likeness (QED) is 0.788. The van der Waals surface area contributed by atoms with Gasteiger partial charge in [0.2, 0.25) is 11.8 Å². The summed E-state index contributed by atoms with van der Waals surface area (Å²) in [7, 11) is 1.61. The summed E-state index contributed by atoms with van der Waals surface area (Å²) in [5.74, 6) is 1.68. The van der Waals surface area contributed by atoms with Crippen LogP contribution in [0.1, 0.15) is 12.8 Å². The number of hydrogen-bond acceptors (Lipinski definition) is 7. The van der Waals surface area contributed by atoms with Gasteiger partial charge < -0.3 is 14.4 Å². The third-order valence-electron chi connectivity index (χ3n) is 3.67. The molecule has 0 N–H and O–H groups in total. The highest BCUT2D eigenvalue weighted by molar-refractivity contribution is 9.10. The maximum atomic E-state index is 5.69. The van der Waals surface area contributed by atoms with E-state index in [0.717, 1.165) is 30.4 Å². The van der Waals surface area contributed by atoms with Gasteiger partial charge in [0, 0.05) is 43.7 Å².